The van der Waals surface area contributed by atoms with E-state index < -0.39 is 5.91 Å². The molecule has 1 N–H and O–H groups in total. The summed E-state index contributed by atoms with van der Waals surface area (Å²) in [7, 11) is 0. The zero-order valence-corrected chi connectivity index (χ0v) is 16.0. The number of fused-ring (bicyclic) bond motifs is 1. The van der Waals surface area contributed by atoms with E-state index in [1.54, 1.807) is 25.3 Å². The highest BCUT2D eigenvalue weighted by Gasteiger charge is 2.09. The molecule has 3 aromatic carbocycles. The third kappa shape index (κ3) is 4.35. The number of nitrogens with one attached hydrogen (secondary N) is 1. The highest BCUT2D eigenvalue weighted by Crippen LogP contribution is 2.22. The summed E-state index contributed by atoms with van der Waals surface area (Å²) in [6.45, 7) is 2.22. The molecule has 0 radical (unpaired) electrons. The van der Waals surface area contributed by atoms with E-state index in [1.165, 1.54) is 10.8 Å². The van der Waals surface area contributed by atoms with Crippen LogP contribution in [0.1, 0.15) is 27.4 Å². The molecule has 5 heteroatoms. The van der Waals surface area contributed by atoms with Crippen LogP contribution in [0.15, 0.2) is 88.4 Å². The molecule has 0 saturated carbocycles. The van der Waals surface area contributed by atoms with Gasteiger partial charge in [0.05, 0.1) is 6.21 Å². The van der Waals surface area contributed by atoms with Crippen molar-refractivity contribution in [1.82, 2.24) is 5.43 Å². The van der Waals surface area contributed by atoms with Crippen molar-refractivity contribution >= 4 is 22.9 Å². The first-order valence-corrected chi connectivity index (χ1v) is 9.29. The van der Waals surface area contributed by atoms with E-state index >= 15 is 0 Å². The van der Waals surface area contributed by atoms with Crippen LogP contribution in [0.4, 0.5) is 0 Å². The first-order chi connectivity index (χ1) is 14.2. The van der Waals surface area contributed by atoms with Gasteiger partial charge in [0, 0.05) is 5.56 Å². The predicted molar refractivity (Wildman–Crippen MR) is 113 cm³/mol. The van der Waals surface area contributed by atoms with Crippen LogP contribution >= 0.6 is 0 Å². The van der Waals surface area contributed by atoms with Gasteiger partial charge in [0.25, 0.3) is 0 Å². The van der Waals surface area contributed by atoms with Gasteiger partial charge in [-0.3, -0.25) is 4.79 Å². The number of hydrazone groups is 1. The topological polar surface area (TPSA) is 63.8 Å². The lowest BCUT2D eigenvalue weighted by Gasteiger charge is -2.11. The molecule has 0 spiro atoms. The van der Waals surface area contributed by atoms with Crippen molar-refractivity contribution in [2.24, 2.45) is 5.10 Å². The lowest BCUT2D eigenvalue weighted by atomic mass is 10.1. The van der Waals surface area contributed by atoms with Gasteiger partial charge in [-0.2, -0.15) is 5.10 Å². The molecule has 0 aliphatic heterocycles. The Labute approximate surface area is 168 Å². The van der Waals surface area contributed by atoms with Crippen LogP contribution in [0.2, 0.25) is 0 Å². The zero-order valence-electron chi connectivity index (χ0n) is 16.0. The number of rotatable bonds is 6. The van der Waals surface area contributed by atoms with Gasteiger partial charge in [0.15, 0.2) is 5.76 Å². The summed E-state index contributed by atoms with van der Waals surface area (Å²) >= 11 is 0. The fourth-order valence-electron chi connectivity index (χ4n) is 3.06. The second kappa shape index (κ2) is 8.44. The van der Waals surface area contributed by atoms with Gasteiger partial charge in [-0.1, -0.05) is 54.6 Å². The van der Waals surface area contributed by atoms with Gasteiger partial charge in [-0.15, -0.1) is 0 Å². The van der Waals surface area contributed by atoms with Crippen LogP contribution in [-0.4, -0.2) is 12.1 Å². The van der Waals surface area contributed by atoms with Crippen molar-refractivity contribution in [3.05, 3.63) is 102 Å². The number of ether oxygens (including phenoxy) is 1. The maximum Gasteiger partial charge on any atom is 0.307 e. The molecule has 1 amide bonds. The molecule has 0 saturated heterocycles. The maximum absolute atomic E-state index is 12.0. The Balaban J connectivity index is 1.46. The third-order valence-corrected chi connectivity index (χ3v) is 4.52. The van der Waals surface area contributed by atoms with Gasteiger partial charge >= 0.3 is 5.91 Å². The second-order valence-electron chi connectivity index (χ2n) is 6.57. The molecule has 29 heavy (non-hydrogen) atoms. The second-order valence-corrected chi connectivity index (χ2v) is 6.57. The standard InChI is InChI=1S/C24H20N2O3/c1-17-13-14-23(29-17)24(27)26-25-15-19-8-3-5-12-22(19)28-16-20-10-6-9-18-7-2-4-11-21(18)20/h2-15H,16H2,1H3,(H,26,27)/b25-15-. The molecule has 0 aliphatic rings. The third-order valence-electron chi connectivity index (χ3n) is 4.52. The molecule has 1 heterocycles. The van der Waals surface area contributed by atoms with Crippen LogP contribution in [0.3, 0.4) is 0 Å². The SMILES string of the molecule is Cc1ccc(C(=O)N/N=C\c2ccccc2OCc2cccc3ccccc23)o1. The molecular weight excluding hydrogens is 364 g/mol. The van der Waals surface area contributed by atoms with E-state index in [-0.39, 0.29) is 5.76 Å². The lowest BCUT2D eigenvalue weighted by Crippen LogP contribution is -2.16. The number of hydrogen-bond donors (Lipinski definition) is 1. The van der Waals surface area contributed by atoms with Gasteiger partial charge in [-0.05, 0) is 47.5 Å². The Bertz CT molecular complexity index is 1170. The summed E-state index contributed by atoms with van der Waals surface area (Å²) in [5.41, 5.74) is 4.34. The number of furan rings is 1. The van der Waals surface area contributed by atoms with E-state index in [1.807, 2.05) is 42.5 Å². The first kappa shape index (κ1) is 18.5. The van der Waals surface area contributed by atoms with Crippen LogP contribution in [0.25, 0.3) is 10.8 Å². The Morgan fingerprint density at radius 3 is 2.66 bits per heavy atom. The fourth-order valence-corrected chi connectivity index (χ4v) is 3.06. The molecule has 4 aromatic rings. The number of carbonyl (C=O) groups excluding carboxylic acids is 1. The Hall–Kier alpha value is -3.86. The fraction of sp³-hybridized carbons (Fsp3) is 0.0833. The monoisotopic (exact) mass is 384 g/mol. The minimum Gasteiger partial charge on any atom is -0.488 e. The maximum atomic E-state index is 12.0. The quantitative estimate of drug-likeness (QED) is 0.372. The molecule has 0 atom stereocenters. The molecule has 0 bridgehead atoms. The van der Waals surface area contributed by atoms with E-state index in [9.17, 15) is 4.79 Å². The molecule has 0 fully saturated rings. The summed E-state index contributed by atoms with van der Waals surface area (Å²) in [5, 5.41) is 6.38. The van der Waals surface area contributed by atoms with Gasteiger partial charge in [0.1, 0.15) is 18.1 Å². The average Bonchev–Trinajstić information content (AvgIpc) is 3.19. The molecule has 0 aliphatic carbocycles. The largest absolute Gasteiger partial charge is 0.488 e. The van der Waals surface area contributed by atoms with E-state index in [4.69, 9.17) is 9.15 Å². The van der Waals surface area contributed by atoms with Crippen molar-refractivity contribution in [2.45, 2.75) is 13.5 Å². The van der Waals surface area contributed by atoms with Crippen LogP contribution < -0.4 is 10.2 Å². The van der Waals surface area contributed by atoms with Crippen molar-refractivity contribution in [3.63, 3.8) is 0 Å². The summed E-state index contributed by atoms with van der Waals surface area (Å²) in [5.74, 6) is 1.18. The molecule has 1 aromatic heterocycles. The van der Waals surface area contributed by atoms with Gasteiger partial charge < -0.3 is 9.15 Å². The lowest BCUT2D eigenvalue weighted by molar-refractivity contribution is 0.0926. The Morgan fingerprint density at radius 1 is 1.00 bits per heavy atom. The average molecular weight is 384 g/mol. The minimum atomic E-state index is -0.400. The van der Waals surface area contributed by atoms with Crippen molar-refractivity contribution in [2.75, 3.05) is 0 Å². The molecule has 0 unspecified atom stereocenters. The normalized spacial score (nSPS) is 11.1. The number of hydrogen-bond acceptors (Lipinski definition) is 4. The van der Waals surface area contributed by atoms with Crippen molar-refractivity contribution in [3.8, 4) is 5.75 Å². The van der Waals surface area contributed by atoms with Crippen LogP contribution in [0, 0.1) is 6.92 Å². The van der Waals surface area contributed by atoms with Crippen LogP contribution in [-0.2, 0) is 6.61 Å². The Morgan fingerprint density at radius 2 is 1.79 bits per heavy atom. The summed E-state index contributed by atoms with van der Waals surface area (Å²) in [6, 6.07) is 25.3. The van der Waals surface area contributed by atoms with E-state index in [0.29, 0.717) is 18.1 Å². The van der Waals surface area contributed by atoms with Gasteiger partial charge in [-0.25, -0.2) is 5.43 Å². The highest BCUT2D eigenvalue weighted by atomic mass is 16.5. The van der Waals surface area contributed by atoms with Crippen molar-refractivity contribution in [1.29, 1.82) is 0 Å². The molecule has 144 valence electrons. The number of carbonyl (C=O) groups is 1. The number of amides is 1. The number of aryl methyl sites for hydroxylation is 1. The molecule has 5 nitrogen and oxygen atoms in total. The van der Waals surface area contributed by atoms with Gasteiger partial charge in [0.2, 0.25) is 0 Å². The highest BCUT2D eigenvalue weighted by molar-refractivity contribution is 5.92. The number of benzene rings is 3. The summed E-state index contributed by atoms with van der Waals surface area (Å²) in [4.78, 5) is 12.0. The summed E-state index contributed by atoms with van der Waals surface area (Å²) < 4.78 is 11.3. The van der Waals surface area contributed by atoms with E-state index in [0.717, 1.165) is 11.1 Å². The first-order valence-electron chi connectivity index (χ1n) is 9.29. The summed E-state index contributed by atoms with van der Waals surface area (Å²) in [6.07, 6.45) is 1.56. The van der Waals surface area contributed by atoms with Crippen LogP contribution in [0.5, 0.6) is 5.75 Å². The molecule has 4 rings (SSSR count). The molecular formula is C24H20N2O3. The Kier molecular flexibility index (Phi) is 5.38. The number of para-hydroxylation sites is 1. The zero-order chi connectivity index (χ0) is 20.1. The smallest absolute Gasteiger partial charge is 0.307 e. The van der Waals surface area contributed by atoms with Crippen molar-refractivity contribution < 1.29 is 13.9 Å². The van der Waals surface area contributed by atoms with E-state index in [2.05, 4.69) is 34.8 Å². The number of nitrogens with zero attached hydrogens (tertiary/aromatic N) is 1. The minimum absolute atomic E-state index is 0.222. The predicted octanol–water partition coefficient (Wildman–Crippen LogP) is 5.08.